The van der Waals surface area contributed by atoms with Gasteiger partial charge < -0.3 is 0 Å². The zero-order valence-electron chi connectivity index (χ0n) is 21.4. The quantitative estimate of drug-likeness (QED) is 0.224. The van der Waals surface area contributed by atoms with Crippen molar-refractivity contribution in [2.45, 2.75) is 0 Å². The van der Waals surface area contributed by atoms with E-state index in [-0.39, 0.29) is 0 Å². The maximum absolute atomic E-state index is 5.35. The highest BCUT2D eigenvalue weighted by Gasteiger charge is 2.19. The Hall–Kier alpha value is -5.06. The van der Waals surface area contributed by atoms with Crippen LogP contribution in [0.4, 0.5) is 0 Å². The Kier molecular flexibility index (Phi) is 4.48. The maximum atomic E-state index is 5.35. The first-order valence-corrected chi connectivity index (χ1v) is 14.2. The predicted molar refractivity (Wildman–Crippen MR) is 170 cm³/mol. The molecule has 0 fully saturated rings. The molecule has 186 valence electrons. The summed E-state index contributed by atoms with van der Waals surface area (Å²) in [5, 5.41) is 8.41. The second kappa shape index (κ2) is 8.22. The summed E-state index contributed by atoms with van der Waals surface area (Å²) in [6.07, 6.45) is 0. The second-order valence-corrected chi connectivity index (χ2v) is 11.3. The highest BCUT2D eigenvalue weighted by molar-refractivity contribution is 7.25. The SMILES string of the molecule is c1ccc2c(-c3nc(-n4c5ccccc5c5cc6sc7ccccc7c6cc54)c4ccccc4n3)cccc2c1. The Morgan fingerprint density at radius 1 is 0.475 bits per heavy atom. The minimum absolute atomic E-state index is 0.735. The van der Waals surface area contributed by atoms with E-state index in [1.54, 1.807) is 0 Å². The lowest BCUT2D eigenvalue weighted by atomic mass is 10.0. The number of aromatic nitrogens is 3. The summed E-state index contributed by atoms with van der Waals surface area (Å²) in [5.41, 5.74) is 4.28. The minimum atomic E-state index is 0.735. The van der Waals surface area contributed by atoms with Crippen molar-refractivity contribution in [3.05, 3.63) is 127 Å². The van der Waals surface area contributed by atoms with Crippen LogP contribution in [0.2, 0.25) is 0 Å². The summed E-state index contributed by atoms with van der Waals surface area (Å²) in [4.78, 5) is 10.4. The topological polar surface area (TPSA) is 30.7 Å². The third kappa shape index (κ3) is 3.05. The van der Waals surface area contributed by atoms with Crippen molar-refractivity contribution in [1.29, 1.82) is 0 Å². The molecule has 0 amide bonds. The van der Waals surface area contributed by atoms with Crippen molar-refractivity contribution in [2.75, 3.05) is 0 Å². The molecule has 0 bridgehead atoms. The fraction of sp³-hybridized carbons (Fsp3) is 0. The lowest BCUT2D eigenvalue weighted by molar-refractivity contribution is 1.08. The molecule has 0 aliphatic heterocycles. The van der Waals surface area contributed by atoms with Crippen LogP contribution in [0.3, 0.4) is 0 Å². The van der Waals surface area contributed by atoms with Crippen LogP contribution < -0.4 is 0 Å². The van der Waals surface area contributed by atoms with Crippen LogP contribution in [-0.2, 0) is 0 Å². The van der Waals surface area contributed by atoms with Gasteiger partial charge in [-0.2, -0.15) is 0 Å². The molecule has 0 saturated heterocycles. The first-order valence-electron chi connectivity index (χ1n) is 13.4. The summed E-state index contributed by atoms with van der Waals surface area (Å²) in [6, 6.07) is 45.3. The van der Waals surface area contributed by atoms with Crippen LogP contribution in [0, 0.1) is 0 Å². The van der Waals surface area contributed by atoms with Crippen LogP contribution in [0.25, 0.3) is 80.9 Å². The molecule has 3 heterocycles. The average molecular weight is 528 g/mol. The van der Waals surface area contributed by atoms with Crippen LogP contribution in [0.5, 0.6) is 0 Å². The van der Waals surface area contributed by atoms with Crippen molar-refractivity contribution in [2.24, 2.45) is 0 Å². The van der Waals surface area contributed by atoms with E-state index in [9.17, 15) is 0 Å². The average Bonchev–Trinajstić information content (AvgIpc) is 3.54. The lowest BCUT2D eigenvalue weighted by Gasteiger charge is -2.13. The molecule has 0 saturated carbocycles. The zero-order chi connectivity index (χ0) is 26.2. The molecule has 0 unspecified atom stereocenters. The highest BCUT2D eigenvalue weighted by Crippen LogP contribution is 2.41. The van der Waals surface area contributed by atoms with E-state index in [2.05, 4.69) is 132 Å². The molecule has 9 aromatic rings. The number of thiophene rings is 1. The van der Waals surface area contributed by atoms with Gasteiger partial charge in [-0.3, -0.25) is 4.57 Å². The van der Waals surface area contributed by atoms with Gasteiger partial charge in [-0.1, -0.05) is 91.0 Å². The van der Waals surface area contributed by atoms with Crippen LogP contribution in [0.15, 0.2) is 127 Å². The molecule has 0 aliphatic rings. The van der Waals surface area contributed by atoms with E-state index < -0.39 is 0 Å². The monoisotopic (exact) mass is 527 g/mol. The van der Waals surface area contributed by atoms with Crippen LogP contribution in [-0.4, -0.2) is 14.5 Å². The summed E-state index contributed by atoms with van der Waals surface area (Å²) < 4.78 is 4.96. The second-order valence-electron chi connectivity index (χ2n) is 10.2. The lowest BCUT2D eigenvalue weighted by Crippen LogP contribution is -2.02. The first-order chi connectivity index (χ1) is 19.8. The van der Waals surface area contributed by atoms with Gasteiger partial charge in [0.05, 0.1) is 16.6 Å². The smallest absolute Gasteiger partial charge is 0.162 e. The fourth-order valence-electron chi connectivity index (χ4n) is 6.19. The maximum Gasteiger partial charge on any atom is 0.162 e. The molecule has 0 N–H and O–H groups in total. The molecule has 0 spiro atoms. The third-order valence-corrected chi connectivity index (χ3v) is 9.13. The molecular weight excluding hydrogens is 506 g/mol. The van der Waals surface area contributed by atoms with Gasteiger partial charge in [-0.05, 0) is 47.2 Å². The summed E-state index contributed by atoms with van der Waals surface area (Å²) in [7, 11) is 0. The van der Waals surface area contributed by atoms with E-state index in [0.29, 0.717) is 0 Å². The zero-order valence-corrected chi connectivity index (χ0v) is 22.2. The predicted octanol–water partition coefficient (Wildman–Crippen LogP) is 9.91. The Labute approximate surface area is 233 Å². The van der Waals surface area contributed by atoms with E-state index in [1.807, 2.05) is 11.3 Å². The Morgan fingerprint density at radius 2 is 1.20 bits per heavy atom. The van der Waals surface area contributed by atoms with Gasteiger partial charge in [-0.25, -0.2) is 9.97 Å². The molecule has 4 heteroatoms. The molecule has 3 nitrogen and oxygen atoms in total. The molecule has 3 aromatic heterocycles. The van der Waals surface area contributed by atoms with E-state index in [1.165, 1.54) is 36.3 Å². The van der Waals surface area contributed by atoms with Gasteiger partial charge in [0.2, 0.25) is 0 Å². The number of para-hydroxylation sites is 2. The normalized spacial score (nSPS) is 12.0. The number of benzene rings is 6. The molecule has 40 heavy (non-hydrogen) atoms. The molecule has 0 aliphatic carbocycles. The molecule has 0 atom stereocenters. The first kappa shape index (κ1) is 21.8. The van der Waals surface area contributed by atoms with Gasteiger partial charge in [0.1, 0.15) is 5.82 Å². The van der Waals surface area contributed by atoms with Crippen molar-refractivity contribution in [3.8, 4) is 17.2 Å². The van der Waals surface area contributed by atoms with Crippen molar-refractivity contribution in [3.63, 3.8) is 0 Å². The van der Waals surface area contributed by atoms with Gasteiger partial charge in [0.25, 0.3) is 0 Å². The minimum Gasteiger partial charge on any atom is -0.293 e. The summed E-state index contributed by atoms with van der Waals surface area (Å²) in [5.74, 6) is 1.64. The largest absolute Gasteiger partial charge is 0.293 e. The van der Waals surface area contributed by atoms with Crippen molar-refractivity contribution in [1.82, 2.24) is 14.5 Å². The Morgan fingerprint density at radius 3 is 2.12 bits per heavy atom. The third-order valence-electron chi connectivity index (χ3n) is 8.00. The van der Waals surface area contributed by atoms with E-state index in [4.69, 9.17) is 9.97 Å². The van der Waals surface area contributed by atoms with Gasteiger partial charge in [0, 0.05) is 41.9 Å². The standard InChI is InChI=1S/C36H21N3S/c1-2-12-23-22(10-1)11-9-16-26(23)35-37-30-17-6-3-15-27(30)36(38-35)39-31-18-7-4-13-24(31)28-21-34-29(20-32(28)39)25-14-5-8-19-33(25)40-34/h1-21H. The number of hydrogen-bond donors (Lipinski definition) is 0. The number of rotatable bonds is 2. The summed E-state index contributed by atoms with van der Waals surface area (Å²) >= 11 is 1.86. The van der Waals surface area contributed by atoms with Gasteiger partial charge >= 0.3 is 0 Å². The van der Waals surface area contributed by atoms with Crippen LogP contribution in [0.1, 0.15) is 0 Å². The Balaban J connectivity index is 1.44. The molecule has 0 radical (unpaired) electrons. The van der Waals surface area contributed by atoms with Crippen LogP contribution >= 0.6 is 11.3 Å². The Bertz CT molecular complexity index is 2440. The summed E-state index contributed by atoms with van der Waals surface area (Å²) in [6.45, 7) is 0. The molecule has 6 aromatic carbocycles. The molecular formula is C36H21N3S. The van der Waals surface area contributed by atoms with E-state index in [0.717, 1.165) is 44.5 Å². The number of fused-ring (bicyclic) bond motifs is 8. The van der Waals surface area contributed by atoms with Gasteiger partial charge in [-0.15, -0.1) is 11.3 Å². The van der Waals surface area contributed by atoms with Gasteiger partial charge in [0.15, 0.2) is 5.82 Å². The fourth-order valence-corrected chi connectivity index (χ4v) is 7.31. The number of hydrogen-bond acceptors (Lipinski definition) is 3. The highest BCUT2D eigenvalue weighted by atomic mass is 32.1. The molecule has 9 rings (SSSR count). The van der Waals surface area contributed by atoms with Crippen molar-refractivity contribution >= 4 is 75.0 Å². The number of nitrogens with zero attached hydrogens (tertiary/aromatic N) is 3. The van der Waals surface area contributed by atoms with E-state index >= 15 is 0 Å². The van der Waals surface area contributed by atoms with Crippen molar-refractivity contribution < 1.29 is 0 Å².